The van der Waals surface area contributed by atoms with E-state index in [0.29, 0.717) is 17.3 Å². The van der Waals surface area contributed by atoms with Crippen LogP contribution in [0.3, 0.4) is 0 Å². The standard InChI is InChI=1S/C10H12ClNO2S/c11-8-3-7(5-15-2-1-12)4-9-10(8)14-6-13-9/h3-4H,1-2,5-6,12H2. The molecule has 5 heteroatoms. The molecule has 0 fully saturated rings. The molecule has 1 heterocycles. The molecule has 0 saturated heterocycles. The smallest absolute Gasteiger partial charge is 0.231 e. The van der Waals surface area contributed by atoms with E-state index in [9.17, 15) is 0 Å². The van der Waals surface area contributed by atoms with Crippen LogP contribution in [0.25, 0.3) is 0 Å². The van der Waals surface area contributed by atoms with E-state index >= 15 is 0 Å². The van der Waals surface area contributed by atoms with E-state index in [2.05, 4.69) is 0 Å². The molecule has 0 amide bonds. The van der Waals surface area contributed by atoms with Gasteiger partial charge in [0, 0.05) is 18.1 Å². The van der Waals surface area contributed by atoms with Gasteiger partial charge in [-0.3, -0.25) is 0 Å². The second-order valence-electron chi connectivity index (χ2n) is 3.15. The van der Waals surface area contributed by atoms with E-state index in [4.69, 9.17) is 26.8 Å². The molecule has 0 spiro atoms. The highest BCUT2D eigenvalue weighted by molar-refractivity contribution is 7.98. The first-order valence-corrected chi connectivity index (χ1v) is 6.20. The van der Waals surface area contributed by atoms with E-state index in [-0.39, 0.29) is 6.79 Å². The first kappa shape index (κ1) is 10.9. The molecule has 1 aromatic carbocycles. The molecule has 0 bridgehead atoms. The van der Waals surface area contributed by atoms with Crippen molar-refractivity contribution in [1.29, 1.82) is 0 Å². The van der Waals surface area contributed by atoms with Crippen LogP contribution in [0.2, 0.25) is 5.02 Å². The van der Waals surface area contributed by atoms with Crippen LogP contribution < -0.4 is 15.2 Å². The van der Waals surface area contributed by atoms with Crippen LogP contribution in [0.5, 0.6) is 11.5 Å². The first-order chi connectivity index (χ1) is 7.31. The maximum Gasteiger partial charge on any atom is 0.231 e. The zero-order chi connectivity index (χ0) is 10.7. The molecular formula is C10H12ClNO2S. The van der Waals surface area contributed by atoms with Crippen molar-refractivity contribution < 1.29 is 9.47 Å². The number of rotatable bonds is 4. The Bertz CT molecular complexity index is 360. The third kappa shape index (κ3) is 2.51. The Labute approximate surface area is 97.9 Å². The molecule has 0 aliphatic carbocycles. The Hall–Kier alpha value is -0.580. The number of hydrogen-bond donors (Lipinski definition) is 1. The predicted molar refractivity (Wildman–Crippen MR) is 62.8 cm³/mol. The molecular weight excluding hydrogens is 234 g/mol. The van der Waals surface area contributed by atoms with Crippen molar-refractivity contribution in [3.63, 3.8) is 0 Å². The lowest BCUT2D eigenvalue weighted by atomic mass is 10.2. The van der Waals surface area contributed by atoms with Crippen LogP contribution in [0.4, 0.5) is 0 Å². The lowest BCUT2D eigenvalue weighted by molar-refractivity contribution is 0.174. The van der Waals surface area contributed by atoms with Crippen molar-refractivity contribution >= 4 is 23.4 Å². The van der Waals surface area contributed by atoms with Gasteiger partial charge in [0.1, 0.15) is 0 Å². The molecule has 15 heavy (non-hydrogen) atoms. The lowest BCUT2D eigenvalue weighted by Gasteiger charge is -2.04. The second-order valence-corrected chi connectivity index (χ2v) is 4.67. The fraction of sp³-hybridized carbons (Fsp3) is 0.400. The van der Waals surface area contributed by atoms with Crippen LogP contribution in [-0.2, 0) is 5.75 Å². The monoisotopic (exact) mass is 245 g/mol. The van der Waals surface area contributed by atoms with Gasteiger partial charge in [-0.05, 0) is 17.7 Å². The number of fused-ring (bicyclic) bond motifs is 1. The van der Waals surface area contributed by atoms with Gasteiger partial charge in [-0.25, -0.2) is 0 Å². The van der Waals surface area contributed by atoms with Gasteiger partial charge in [-0.15, -0.1) is 0 Å². The largest absolute Gasteiger partial charge is 0.454 e. The van der Waals surface area contributed by atoms with E-state index < -0.39 is 0 Å². The molecule has 1 aliphatic rings. The molecule has 2 rings (SSSR count). The summed E-state index contributed by atoms with van der Waals surface area (Å²) in [6.45, 7) is 0.956. The molecule has 0 saturated carbocycles. The number of ether oxygens (including phenoxy) is 2. The van der Waals surface area contributed by atoms with Crippen molar-refractivity contribution in [1.82, 2.24) is 0 Å². The van der Waals surface area contributed by atoms with Gasteiger partial charge in [0.2, 0.25) is 6.79 Å². The molecule has 1 aromatic rings. The average molecular weight is 246 g/mol. The fourth-order valence-electron chi connectivity index (χ4n) is 1.38. The van der Waals surface area contributed by atoms with Gasteiger partial charge in [-0.2, -0.15) is 11.8 Å². The van der Waals surface area contributed by atoms with Crippen molar-refractivity contribution in [2.24, 2.45) is 5.73 Å². The summed E-state index contributed by atoms with van der Waals surface area (Å²) in [6.07, 6.45) is 0. The quantitative estimate of drug-likeness (QED) is 0.827. The van der Waals surface area contributed by atoms with Crippen molar-refractivity contribution in [3.05, 3.63) is 22.7 Å². The minimum Gasteiger partial charge on any atom is -0.454 e. The number of thioether (sulfide) groups is 1. The molecule has 3 nitrogen and oxygen atoms in total. The van der Waals surface area contributed by atoms with Gasteiger partial charge in [0.15, 0.2) is 11.5 Å². The summed E-state index contributed by atoms with van der Waals surface area (Å²) in [6, 6.07) is 3.89. The Morgan fingerprint density at radius 3 is 3.07 bits per heavy atom. The maximum absolute atomic E-state index is 6.05. The van der Waals surface area contributed by atoms with Crippen LogP contribution in [-0.4, -0.2) is 19.1 Å². The Kier molecular flexibility index (Phi) is 3.61. The Balaban J connectivity index is 2.09. The number of benzene rings is 1. The third-order valence-corrected chi connectivity index (χ3v) is 3.36. The van der Waals surface area contributed by atoms with Crippen molar-refractivity contribution in [2.45, 2.75) is 5.75 Å². The van der Waals surface area contributed by atoms with Crippen molar-refractivity contribution in [2.75, 3.05) is 19.1 Å². The third-order valence-electron chi connectivity index (χ3n) is 2.02. The van der Waals surface area contributed by atoms with Gasteiger partial charge in [0.05, 0.1) is 5.02 Å². The summed E-state index contributed by atoms with van der Waals surface area (Å²) in [4.78, 5) is 0. The van der Waals surface area contributed by atoms with Crippen LogP contribution >= 0.6 is 23.4 Å². The SMILES string of the molecule is NCCSCc1cc(Cl)c2c(c1)OCO2. The number of hydrogen-bond acceptors (Lipinski definition) is 4. The van der Waals surface area contributed by atoms with Crippen molar-refractivity contribution in [3.8, 4) is 11.5 Å². The summed E-state index contributed by atoms with van der Waals surface area (Å²) < 4.78 is 10.5. The maximum atomic E-state index is 6.05. The fourth-order valence-corrected chi connectivity index (χ4v) is 2.38. The normalized spacial score (nSPS) is 13.2. The number of nitrogens with two attached hydrogens (primary N) is 1. The molecule has 0 unspecified atom stereocenters. The zero-order valence-electron chi connectivity index (χ0n) is 8.16. The molecule has 82 valence electrons. The summed E-state index contributed by atoms with van der Waals surface area (Å²) in [5.41, 5.74) is 6.56. The molecule has 1 aliphatic heterocycles. The van der Waals surface area contributed by atoms with Crippen LogP contribution in [0.1, 0.15) is 5.56 Å². The highest BCUT2D eigenvalue weighted by Crippen LogP contribution is 2.40. The Morgan fingerprint density at radius 2 is 2.27 bits per heavy atom. The molecule has 0 atom stereocenters. The summed E-state index contributed by atoms with van der Waals surface area (Å²) >= 11 is 7.83. The molecule has 0 aromatic heterocycles. The van der Waals surface area contributed by atoms with E-state index in [1.165, 1.54) is 0 Å². The van der Waals surface area contributed by atoms with Gasteiger partial charge >= 0.3 is 0 Å². The van der Waals surface area contributed by atoms with Gasteiger partial charge in [0.25, 0.3) is 0 Å². The lowest BCUT2D eigenvalue weighted by Crippen LogP contribution is -2.01. The summed E-state index contributed by atoms with van der Waals surface area (Å²) in [7, 11) is 0. The van der Waals surface area contributed by atoms with E-state index in [1.807, 2.05) is 12.1 Å². The van der Waals surface area contributed by atoms with Crippen LogP contribution in [0, 0.1) is 0 Å². The predicted octanol–water partition coefficient (Wildman–Crippen LogP) is 2.26. The molecule has 0 radical (unpaired) electrons. The summed E-state index contributed by atoms with van der Waals surface area (Å²) in [5, 5.41) is 0.619. The average Bonchev–Trinajstić information content (AvgIpc) is 2.66. The summed E-state index contributed by atoms with van der Waals surface area (Å²) in [5.74, 6) is 3.25. The van der Waals surface area contributed by atoms with Gasteiger partial charge < -0.3 is 15.2 Å². The highest BCUT2D eigenvalue weighted by Gasteiger charge is 2.17. The Morgan fingerprint density at radius 1 is 1.40 bits per heavy atom. The van der Waals surface area contributed by atoms with Gasteiger partial charge in [-0.1, -0.05) is 11.6 Å². The first-order valence-electron chi connectivity index (χ1n) is 4.67. The minimum atomic E-state index is 0.258. The highest BCUT2D eigenvalue weighted by atomic mass is 35.5. The topological polar surface area (TPSA) is 44.5 Å². The number of halogens is 1. The minimum absolute atomic E-state index is 0.258. The van der Waals surface area contributed by atoms with E-state index in [0.717, 1.165) is 22.8 Å². The van der Waals surface area contributed by atoms with E-state index in [1.54, 1.807) is 11.8 Å². The molecule has 2 N–H and O–H groups in total. The zero-order valence-corrected chi connectivity index (χ0v) is 9.74. The van der Waals surface area contributed by atoms with Crippen LogP contribution in [0.15, 0.2) is 12.1 Å². The second kappa shape index (κ2) is 4.96.